The van der Waals surface area contributed by atoms with E-state index in [0.29, 0.717) is 23.4 Å². The van der Waals surface area contributed by atoms with Gasteiger partial charge in [-0.25, -0.2) is 8.42 Å². The fourth-order valence-corrected chi connectivity index (χ4v) is 2.25. The molecule has 0 bridgehead atoms. The highest BCUT2D eigenvalue weighted by Gasteiger charge is 2.09. The predicted molar refractivity (Wildman–Crippen MR) is 87.2 cm³/mol. The maximum Gasteiger partial charge on any atom is 0.191 e. The smallest absolute Gasteiger partial charge is 0.191 e. The van der Waals surface area contributed by atoms with Crippen LogP contribution >= 0.6 is 0 Å². The van der Waals surface area contributed by atoms with Gasteiger partial charge in [0.25, 0.3) is 0 Å². The molecule has 1 aromatic carbocycles. The second kappa shape index (κ2) is 7.45. The average molecular weight is 311 g/mol. The molecule has 0 amide bonds. The van der Waals surface area contributed by atoms with Crippen molar-refractivity contribution in [1.29, 1.82) is 0 Å². The molecule has 21 heavy (non-hydrogen) atoms. The van der Waals surface area contributed by atoms with Gasteiger partial charge in [0, 0.05) is 25.9 Å². The zero-order chi connectivity index (χ0) is 16.0. The Morgan fingerprint density at radius 3 is 2.19 bits per heavy atom. The molecular formula is C15H25N3O2S. The highest BCUT2D eigenvalue weighted by Crippen LogP contribution is 2.10. The van der Waals surface area contributed by atoms with Crippen LogP contribution in [0.25, 0.3) is 0 Å². The highest BCUT2D eigenvalue weighted by atomic mass is 32.2. The largest absolute Gasteiger partial charge is 0.354 e. The van der Waals surface area contributed by atoms with Gasteiger partial charge in [-0.3, -0.25) is 4.99 Å². The molecule has 2 N–H and O–H groups in total. The Hall–Kier alpha value is -1.56. The minimum absolute atomic E-state index is 0.323. The van der Waals surface area contributed by atoms with Gasteiger partial charge in [-0.1, -0.05) is 26.0 Å². The molecule has 0 aliphatic rings. The number of hydrogen-bond acceptors (Lipinski definition) is 3. The Bertz CT molecular complexity index is 577. The molecule has 0 fully saturated rings. The van der Waals surface area contributed by atoms with E-state index in [2.05, 4.69) is 36.4 Å². The second-order valence-electron chi connectivity index (χ2n) is 5.52. The lowest BCUT2D eigenvalue weighted by molar-refractivity contribution is 0.481. The van der Waals surface area contributed by atoms with Crippen LogP contribution in [0.5, 0.6) is 0 Å². The summed E-state index contributed by atoms with van der Waals surface area (Å²) in [5.74, 6) is 1.25. The summed E-state index contributed by atoms with van der Waals surface area (Å²) in [7, 11) is -1.41. The summed E-state index contributed by atoms with van der Waals surface area (Å²) >= 11 is 0. The van der Waals surface area contributed by atoms with Crippen molar-refractivity contribution in [2.75, 3.05) is 13.3 Å². The molecule has 0 spiro atoms. The Kier molecular flexibility index (Phi) is 6.20. The number of sulfone groups is 1. The van der Waals surface area contributed by atoms with Crippen LogP contribution in [0.4, 0.5) is 0 Å². The Balaban J connectivity index is 2.62. The summed E-state index contributed by atoms with van der Waals surface area (Å²) < 4.78 is 22.8. The quantitative estimate of drug-likeness (QED) is 0.642. The lowest BCUT2D eigenvalue weighted by Gasteiger charge is -2.20. The third-order valence-electron chi connectivity index (χ3n) is 3.40. The maximum atomic E-state index is 11.4. The van der Waals surface area contributed by atoms with Crippen LogP contribution in [0.15, 0.2) is 34.2 Å². The van der Waals surface area contributed by atoms with E-state index in [9.17, 15) is 8.42 Å². The van der Waals surface area contributed by atoms with Crippen LogP contribution in [0, 0.1) is 5.92 Å². The van der Waals surface area contributed by atoms with Crippen LogP contribution in [0.2, 0.25) is 0 Å². The molecule has 1 aromatic rings. The summed E-state index contributed by atoms with van der Waals surface area (Å²) in [6.45, 7) is 7.00. The first-order chi connectivity index (χ1) is 9.74. The molecule has 0 saturated heterocycles. The monoisotopic (exact) mass is 311 g/mol. The van der Waals surface area contributed by atoms with Gasteiger partial charge in [-0.15, -0.1) is 0 Å². The lowest BCUT2D eigenvalue weighted by Crippen LogP contribution is -2.43. The first kappa shape index (κ1) is 17.5. The van der Waals surface area contributed by atoms with Gasteiger partial charge in [0.1, 0.15) is 0 Å². The normalized spacial score (nSPS) is 14.1. The zero-order valence-corrected chi connectivity index (χ0v) is 14.2. The topological polar surface area (TPSA) is 70.6 Å². The van der Waals surface area contributed by atoms with E-state index >= 15 is 0 Å². The summed E-state index contributed by atoms with van der Waals surface area (Å²) in [6.07, 6.45) is 1.21. The van der Waals surface area contributed by atoms with Crippen molar-refractivity contribution in [1.82, 2.24) is 10.6 Å². The average Bonchev–Trinajstić information content (AvgIpc) is 2.42. The van der Waals surface area contributed by atoms with Crippen molar-refractivity contribution in [3.05, 3.63) is 29.8 Å². The standard InChI is InChI=1S/C15H25N3O2S/c1-11(2)12(3)18-15(16-4)17-10-13-6-8-14(9-7-13)21(5,19)20/h6-9,11-12H,10H2,1-5H3,(H2,16,17,18). The van der Waals surface area contributed by atoms with E-state index in [1.54, 1.807) is 19.2 Å². The van der Waals surface area contributed by atoms with E-state index in [4.69, 9.17) is 0 Å². The number of nitrogens with zero attached hydrogens (tertiary/aromatic N) is 1. The molecule has 0 heterocycles. The molecule has 0 saturated carbocycles. The molecule has 1 unspecified atom stereocenters. The van der Waals surface area contributed by atoms with Gasteiger partial charge in [-0.05, 0) is 30.5 Å². The SMILES string of the molecule is CN=C(NCc1ccc(S(C)(=O)=O)cc1)NC(C)C(C)C. The number of hydrogen-bond donors (Lipinski definition) is 2. The summed E-state index contributed by atoms with van der Waals surface area (Å²) in [5.41, 5.74) is 1.00. The summed E-state index contributed by atoms with van der Waals surface area (Å²) in [5, 5.41) is 6.53. The molecule has 0 aromatic heterocycles. The highest BCUT2D eigenvalue weighted by molar-refractivity contribution is 7.90. The Morgan fingerprint density at radius 2 is 1.76 bits per heavy atom. The predicted octanol–water partition coefficient (Wildman–Crippen LogP) is 1.80. The molecular weight excluding hydrogens is 286 g/mol. The first-order valence-corrected chi connectivity index (χ1v) is 8.89. The maximum absolute atomic E-state index is 11.4. The third kappa shape index (κ3) is 5.75. The Labute approximate surface area is 127 Å². The van der Waals surface area contributed by atoms with Crippen molar-refractivity contribution >= 4 is 15.8 Å². The van der Waals surface area contributed by atoms with Crippen molar-refractivity contribution in [3.63, 3.8) is 0 Å². The van der Waals surface area contributed by atoms with Crippen LogP contribution in [0.1, 0.15) is 26.3 Å². The molecule has 1 rings (SSSR count). The number of nitrogens with one attached hydrogen (secondary N) is 2. The number of guanidine groups is 1. The van der Waals surface area contributed by atoms with E-state index in [1.807, 2.05) is 12.1 Å². The van der Waals surface area contributed by atoms with Gasteiger partial charge in [0.15, 0.2) is 15.8 Å². The number of benzene rings is 1. The van der Waals surface area contributed by atoms with E-state index in [-0.39, 0.29) is 0 Å². The van der Waals surface area contributed by atoms with E-state index < -0.39 is 9.84 Å². The van der Waals surface area contributed by atoms with Crippen LogP contribution in [0.3, 0.4) is 0 Å². The van der Waals surface area contributed by atoms with Crippen molar-refractivity contribution in [2.24, 2.45) is 10.9 Å². The zero-order valence-electron chi connectivity index (χ0n) is 13.3. The summed E-state index contributed by atoms with van der Waals surface area (Å²) in [4.78, 5) is 4.52. The van der Waals surface area contributed by atoms with Crippen molar-refractivity contribution in [2.45, 2.75) is 38.3 Å². The van der Waals surface area contributed by atoms with E-state index in [0.717, 1.165) is 11.5 Å². The molecule has 6 heteroatoms. The molecule has 0 aliphatic heterocycles. The Morgan fingerprint density at radius 1 is 1.19 bits per heavy atom. The fourth-order valence-electron chi connectivity index (χ4n) is 1.62. The first-order valence-electron chi connectivity index (χ1n) is 7.00. The van der Waals surface area contributed by atoms with Gasteiger partial charge < -0.3 is 10.6 Å². The van der Waals surface area contributed by atoms with Gasteiger partial charge in [-0.2, -0.15) is 0 Å². The number of rotatable bonds is 5. The van der Waals surface area contributed by atoms with E-state index in [1.165, 1.54) is 6.26 Å². The fraction of sp³-hybridized carbons (Fsp3) is 0.533. The summed E-state index contributed by atoms with van der Waals surface area (Å²) in [6, 6.07) is 7.19. The molecule has 0 aliphatic carbocycles. The molecule has 1 atom stereocenters. The van der Waals surface area contributed by atoms with Crippen LogP contribution in [-0.4, -0.2) is 33.7 Å². The van der Waals surface area contributed by atoms with Crippen molar-refractivity contribution in [3.8, 4) is 0 Å². The molecule has 5 nitrogen and oxygen atoms in total. The molecule has 0 radical (unpaired) electrons. The minimum Gasteiger partial charge on any atom is -0.354 e. The van der Waals surface area contributed by atoms with Crippen LogP contribution in [-0.2, 0) is 16.4 Å². The number of aliphatic imine (C=N–C) groups is 1. The van der Waals surface area contributed by atoms with Gasteiger partial charge in [0.2, 0.25) is 0 Å². The lowest BCUT2D eigenvalue weighted by atomic mass is 10.1. The van der Waals surface area contributed by atoms with Crippen molar-refractivity contribution < 1.29 is 8.42 Å². The second-order valence-corrected chi connectivity index (χ2v) is 7.53. The van der Waals surface area contributed by atoms with Crippen LogP contribution < -0.4 is 10.6 Å². The van der Waals surface area contributed by atoms with Gasteiger partial charge >= 0.3 is 0 Å². The molecule has 118 valence electrons. The third-order valence-corrected chi connectivity index (χ3v) is 4.53. The minimum atomic E-state index is -3.14. The van der Waals surface area contributed by atoms with Gasteiger partial charge in [0.05, 0.1) is 4.90 Å².